The lowest BCUT2D eigenvalue weighted by molar-refractivity contribution is -0.134. The molecule has 1 aliphatic heterocycles. The van der Waals surface area contributed by atoms with Crippen LogP contribution in [-0.2, 0) is 11.3 Å². The van der Waals surface area contributed by atoms with Crippen LogP contribution >= 0.6 is 0 Å². The Bertz CT molecular complexity index is 835. The lowest BCUT2D eigenvalue weighted by atomic mass is 9.94. The number of rotatable bonds is 3. The van der Waals surface area contributed by atoms with Crippen molar-refractivity contribution >= 4 is 16.8 Å². The minimum absolute atomic E-state index is 0.0416. The summed E-state index contributed by atoms with van der Waals surface area (Å²) in [5, 5.41) is 8.47. The molecule has 0 spiro atoms. The van der Waals surface area contributed by atoms with E-state index < -0.39 is 0 Å². The maximum atomic E-state index is 12.6. The Morgan fingerprint density at radius 2 is 1.77 bits per heavy atom. The van der Waals surface area contributed by atoms with Crippen LogP contribution in [0.5, 0.6) is 0 Å². The fraction of sp³-hybridized carbons (Fsp3) is 0.579. The highest BCUT2D eigenvalue weighted by Crippen LogP contribution is 2.23. The van der Waals surface area contributed by atoms with Crippen molar-refractivity contribution in [1.82, 2.24) is 24.8 Å². The predicted molar refractivity (Wildman–Crippen MR) is 98.8 cm³/mol. The summed E-state index contributed by atoms with van der Waals surface area (Å²) < 4.78 is 1.18. The zero-order valence-electron chi connectivity index (χ0n) is 15.0. The molecular weight excluding hydrogens is 330 g/mol. The molecule has 1 saturated heterocycles. The molecule has 2 heterocycles. The molecule has 0 atom stereocenters. The maximum Gasteiger partial charge on any atom is 0.278 e. The normalized spacial score (nSPS) is 19.8. The number of fused-ring (bicyclic) bond motifs is 1. The summed E-state index contributed by atoms with van der Waals surface area (Å²) in [4.78, 5) is 29.5. The molecule has 1 aromatic carbocycles. The number of amides is 1. The Labute approximate surface area is 152 Å². The van der Waals surface area contributed by atoms with E-state index in [0.29, 0.717) is 16.9 Å². The van der Waals surface area contributed by atoms with Crippen LogP contribution in [0.1, 0.15) is 32.1 Å². The molecule has 0 N–H and O–H groups in total. The smallest absolute Gasteiger partial charge is 0.278 e. The second-order valence-corrected chi connectivity index (χ2v) is 7.28. The van der Waals surface area contributed by atoms with Crippen LogP contribution in [0.3, 0.4) is 0 Å². The Kier molecular flexibility index (Phi) is 4.97. The van der Waals surface area contributed by atoms with Crippen LogP contribution in [0.4, 0.5) is 0 Å². The van der Waals surface area contributed by atoms with E-state index >= 15 is 0 Å². The Hall–Kier alpha value is -2.28. The van der Waals surface area contributed by atoms with Crippen molar-refractivity contribution < 1.29 is 4.79 Å². The van der Waals surface area contributed by atoms with Gasteiger partial charge in [-0.25, -0.2) is 4.68 Å². The molecule has 7 heteroatoms. The van der Waals surface area contributed by atoms with Crippen molar-refractivity contribution in [1.29, 1.82) is 0 Å². The molecule has 0 unspecified atom stereocenters. The average Bonchev–Trinajstić information content (AvgIpc) is 2.71. The van der Waals surface area contributed by atoms with Crippen molar-refractivity contribution in [2.75, 3.05) is 26.2 Å². The van der Waals surface area contributed by atoms with Crippen LogP contribution in [0.25, 0.3) is 10.9 Å². The first-order valence-corrected chi connectivity index (χ1v) is 9.57. The van der Waals surface area contributed by atoms with Gasteiger partial charge in [-0.05, 0) is 25.0 Å². The average molecular weight is 355 g/mol. The highest BCUT2D eigenvalue weighted by Gasteiger charge is 2.27. The fourth-order valence-electron chi connectivity index (χ4n) is 4.14. The number of carbonyl (C=O) groups is 1. The predicted octanol–water partition coefficient (Wildman–Crippen LogP) is 1.27. The van der Waals surface area contributed by atoms with E-state index in [2.05, 4.69) is 15.2 Å². The molecule has 2 aliphatic rings. The van der Waals surface area contributed by atoms with Crippen molar-refractivity contribution in [3.05, 3.63) is 34.6 Å². The van der Waals surface area contributed by atoms with E-state index in [1.54, 1.807) is 18.2 Å². The monoisotopic (exact) mass is 355 g/mol. The summed E-state index contributed by atoms with van der Waals surface area (Å²) in [5.74, 6) is -0.0556. The first-order chi connectivity index (χ1) is 12.7. The molecule has 2 aromatic rings. The Morgan fingerprint density at radius 1 is 1.04 bits per heavy atom. The van der Waals surface area contributed by atoms with E-state index in [1.165, 1.54) is 36.8 Å². The maximum absolute atomic E-state index is 12.6. The lowest BCUT2D eigenvalue weighted by Crippen LogP contribution is -2.53. The molecule has 0 radical (unpaired) electrons. The second-order valence-electron chi connectivity index (χ2n) is 7.28. The number of piperazine rings is 1. The van der Waals surface area contributed by atoms with Gasteiger partial charge in [0.05, 0.1) is 5.39 Å². The van der Waals surface area contributed by atoms with Gasteiger partial charge in [0.2, 0.25) is 5.91 Å². The number of hydrogen-bond acceptors (Lipinski definition) is 5. The summed E-state index contributed by atoms with van der Waals surface area (Å²) in [6.45, 7) is 3.26. The van der Waals surface area contributed by atoms with Crippen molar-refractivity contribution in [3.8, 4) is 0 Å². The highest BCUT2D eigenvalue weighted by atomic mass is 16.2. The topological polar surface area (TPSA) is 71.3 Å². The number of nitrogens with zero attached hydrogens (tertiary/aromatic N) is 5. The van der Waals surface area contributed by atoms with Crippen LogP contribution in [0.2, 0.25) is 0 Å². The molecule has 1 amide bonds. The van der Waals surface area contributed by atoms with Gasteiger partial charge in [-0.1, -0.05) is 36.6 Å². The van der Waals surface area contributed by atoms with E-state index in [4.69, 9.17) is 0 Å². The van der Waals surface area contributed by atoms with E-state index in [1.807, 2.05) is 11.0 Å². The summed E-state index contributed by atoms with van der Waals surface area (Å²) in [6.07, 6.45) is 6.59. The quantitative estimate of drug-likeness (QED) is 0.829. The zero-order chi connectivity index (χ0) is 17.9. The summed E-state index contributed by atoms with van der Waals surface area (Å²) >= 11 is 0. The van der Waals surface area contributed by atoms with Gasteiger partial charge in [0.25, 0.3) is 5.56 Å². The summed E-state index contributed by atoms with van der Waals surface area (Å²) in [5.41, 5.74) is 0.298. The van der Waals surface area contributed by atoms with Crippen LogP contribution in [0, 0.1) is 0 Å². The van der Waals surface area contributed by atoms with Crippen LogP contribution < -0.4 is 5.56 Å². The largest absolute Gasteiger partial charge is 0.339 e. The van der Waals surface area contributed by atoms with Gasteiger partial charge >= 0.3 is 0 Å². The van der Waals surface area contributed by atoms with Gasteiger partial charge in [-0.2, -0.15) is 0 Å². The number of aromatic nitrogens is 3. The third kappa shape index (κ3) is 3.49. The van der Waals surface area contributed by atoms with Gasteiger partial charge in [0.1, 0.15) is 12.1 Å². The van der Waals surface area contributed by atoms with Crippen molar-refractivity contribution in [2.24, 2.45) is 0 Å². The molecule has 7 nitrogen and oxygen atoms in total. The number of carbonyl (C=O) groups excluding carboxylic acids is 1. The van der Waals surface area contributed by atoms with Crippen LogP contribution in [-0.4, -0.2) is 62.9 Å². The van der Waals surface area contributed by atoms with Gasteiger partial charge in [0, 0.05) is 32.2 Å². The van der Waals surface area contributed by atoms with Gasteiger partial charge in [-0.3, -0.25) is 14.5 Å². The second kappa shape index (κ2) is 7.53. The van der Waals surface area contributed by atoms with Gasteiger partial charge in [-0.15, -0.1) is 5.10 Å². The third-order valence-corrected chi connectivity index (χ3v) is 5.67. The Balaban J connectivity index is 1.38. The standard InChI is InChI=1S/C19H25N5O2/c25-18(14-24-19(26)16-8-4-5-9-17(16)20-21-24)23-12-10-22(11-13-23)15-6-2-1-3-7-15/h4-5,8-9,15H,1-3,6-7,10-14H2. The Morgan fingerprint density at radius 3 is 2.54 bits per heavy atom. The van der Waals surface area contributed by atoms with Crippen molar-refractivity contribution in [2.45, 2.75) is 44.7 Å². The van der Waals surface area contributed by atoms with Crippen LogP contribution in [0.15, 0.2) is 29.1 Å². The van der Waals surface area contributed by atoms with Gasteiger partial charge in [0.15, 0.2) is 0 Å². The summed E-state index contributed by atoms with van der Waals surface area (Å²) in [6, 6.07) is 7.77. The number of benzene rings is 1. The first kappa shape index (κ1) is 17.1. The molecule has 1 aromatic heterocycles. The number of hydrogen-bond donors (Lipinski definition) is 0. The molecule has 138 valence electrons. The lowest BCUT2D eigenvalue weighted by Gasteiger charge is -2.40. The molecule has 1 saturated carbocycles. The molecule has 4 rings (SSSR count). The zero-order valence-corrected chi connectivity index (χ0v) is 15.0. The molecular formula is C19H25N5O2. The van der Waals surface area contributed by atoms with E-state index in [-0.39, 0.29) is 18.0 Å². The fourth-order valence-corrected chi connectivity index (χ4v) is 4.14. The summed E-state index contributed by atoms with van der Waals surface area (Å²) in [7, 11) is 0. The first-order valence-electron chi connectivity index (χ1n) is 9.57. The molecule has 2 fully saturated rings. The van der Waals surface area contributed by atoms with E-state index in [0.717, 1.165) is 26.2 Å². The SMILES string of the molecule is O=C(Cn1nnc2ccccc2c1=O)N1CCN(C2CCCCC2)CC1. The molecule has 0 bridgehead atoms. The molecule has 26 heavy (non-hydrogen) atoms. The highest BCUT2D eigenvalue weighted by molar-refractivity contribution is 5.78. The molecule has 1 aliphatic carbocycles. The van der Waals surface area contributed by atoms with E-state index in [9.17, 15) is 9.59 Å². The minimum atomic E-state index is -0.259. The minimum Gasteiger partial charge on any atom is -0.339 e. The van der Waals surface area contributed by atoms with Gasteiger partial charge < -0.3 is 4.90 Å². The van der Waals surface area contributed by atoms with Crippen molar-refractivity contribution in [3.63, 3.8) is 0 Å². The third-order valence-electron chi connectivity index (χ3n) is 5.67.